The van der Waals surface area contributed by atoms with Gasteiger partial charge in [-0.1, -0.05) is 30.8 Å². The van der Waals surface area contributed by atoms with Crippen LogP contribution in [0.15, 0.2) is 49.1 Å². The maximum absolute atomic E-state index is 11.8. The standard InChI is InChI=1S/C21H21N3O2/c1-4-18(25)23-11-14-6-5-7-15(10-14)16-8-9-17(21(22)26)20-19(16)12(2)13(3)24-20/h4-10,24H,1,11H2,2-3H3,(H2,22,26)(H,23,25). The molecule has 1 aromatic heterocycles. The molecule has 0 aliphatic carbocycles. The number of rotatable bonds is 5. The SMILES string of the molecule is C=CC(=O)NCc1cccc(-c2ccc(C(N)=O)c3[nH]c(C)c(C)c23)c1. The monoisotopic (exact) mass is 347 g/mol. The first kappa shape index (κ1) is 17.5. The first-order valence-electron chi connectivity index (χ1n) is 8.33. The molecule has 0 aliphatic rings. The van der Waals surface area contributed by atoms with Crippen LogP contribution in [-0.4, -0.2) is 16.8 Å². The summed E-state index contributed by atoms with van der Waals surface area (Å²) in [6.07, 6.45) is 1.25. The predicted molar refractivity (Wildman–Crippen MR) is 104 cm³/mol. The van der Waals surface area contributed by atoms with E-state index in [0.29, 0.717) is 12.1 Å². The molecule has 0 radical (unpaired) electrons. The van der Waals surface area contributed by atoms with Gasteiger partial charge >= 0.3 is 0 Å². The van der Waals surface area contributed by atoms with Gasteiger partial charge in [-0.25, -0.2) is 0 Å². The second kappa shape index (κ2) is 6.88. The fourth-order valence-corrected chi connectivity index (χ4v) is 3.15. The molecule has 0 bridgehead atoms. The van der Waals surface area contributed by atoms with Crippen molar-refractivity contribution >= 4 is 22.7 Å². The Kier molecular flexibility index (Phi) is 4.63. The molecule has 0 saturated heterocycles. The van der Waals surface area contributed by atoms with Crippen molar-refractivity contribution in [2.45, 2.75) is 20.4 Å². The van der Waals surface area contributed by atoms with E-state index >= 15 is 0 Å². The van der Waals surface area contributed by atoms with Gasteiger partial charge in [-0.2, -0.15) is 0 Å². The quantitative estimate of drug-likeness (QED) is 0.618. The lowest BCUT2D eigenvalue weighted by Crippen LogP contribution is -2.19. The number of carbonyl (C=O) groups is 2. The molecule has 0 saturated carbocycles. The van der Waals surface area contributed by atoms with Crippen molar-refractivity contribution in [2.24, 2.45) is 5.73 Å². The molecule has 1 heterocycles. The molecule has 0 atom stereocenters. The highest BCUT2D eigenvalue weighted by atomic mass is 16.1. The third kappa shape index (κ3) is 3.11. The number of amides is 2. The van der Waals surface area contributed by atoms with Crippen LogP contribution in [0.5, 0.6) is 0 Å². The van der Waals surface area contributed by atoms with Crippen LogP contribution in [0.1, 0.15) is 27.2 Å². The van der Waals surface area contributed by atoms with E-state index in [9.17, 15) is 9.59 Å². The van der Waals surface area contributed by atoms with Gasteiger partial charge in [0.1, 0.15) is 0 Å². The number of nitrogens with two attached hydrogens (primary N) is 1. The number of primary amides is 1. The summed E-state index contributed by atoms with van der Waals surface area (Å²) in [4.78, 5) is 26.4. The third-order valence-electron chi connectivity index (χ3n) is 4.61. The van der Waals surface area contributed by atoms with Gasteiger partial charge in [0, 0.05) is 17.6 Å². The molecule has 26 heavy (non-hydrogen) atoms. The van der Waals surface area contributed by atoms with Crippen molar-refractivity contribution in [3.8, 4) is 11.1 Å². The van der Waals surface area contributed by atoms with Crippen LogP contribution >= 0.6 is 0 Å². The number of benzene rings is 2. The van der Waals surface area contributed by atoms with Crippen LogP contribution in [0.3, 0.4) is 0 Å². The van der Waals surface area contributed by atoms with Crippen molar-refractivity contribution in [1.29, 1.82) is 0 Å². The summed E-state index contributed by atoms with van der Waals surface area (Å²) in [5.41, 5.74) is 11.9. The minimum Gasteiger partial charge on any atom is -0.366 e. The number of hydrogen-bond acceptors (Lipinski definition) is 2. The van der Waals surface area contributed by atoms with Gasteiger partial charge in [0.15, 0.2) is 0 Å². The lowest BCUT2D eigenvalue weighted by Gasteiger charge is -2.10. The fraction of sp³-hybridized carbons (Fsp3) is 0.143. The molecule has 0 fully saturated rings. The second-order valence-electron chi connectivity index (χ2n) is 6.27. The van der Waals surface area contributed by atoms with Crippen LogP contribution < -0.4 is 11.1 Å². The fourth-order valence-electron chi connectivity index (χ4n) is 3.15. The summed E-state index contributed by atoms with van der Waals surface area (Å²) < 4.78 is 0. The average molecular weight is 347 g/mol. The van der Waals surface area contributed by atoms with Gasteiger partial charge < -0.3 is 16.0 Å². The van der Waals surface area contributed by atoms with E-state index in [2.05, 4.69) is 16.9 Å². The average Bonchev–Trinajstić information content (AvgIpc) is 2.94. The molecule has 0 aliphatic heterocycles. The number of carbonyl (C=O) groups excluding carboxylic acids is 2. The van der Waals surface area contributed by atoms with E-state index in [4.69, 9.17) is 5.73 Å². The van der Waals surface area contributed by atoms with E-state index in [1.165, 1.54) is 6.08 Å². The zero-order valence-corrected chi connectivity index (χ0v) is 14.8. The predicted octanol–water partition coefficient (Wildman–Crippen LogP) is 3.35. The Morgan fingerprint density at radius 2 is 2.00 bits per heavy atom. The van der Waals surface area contributed by atoms with Crippen LogP contribution in [-0.2, 0) is 11.3 Å². The first-order chi connectivity index (χ1) is 12.4. The molecule has 3 aromatic rings. The maximum Gasteiger partial charge on any atom is 0.250 e. The zero-order valence-electron chi connectivity index (χ0n) is 14.8. The maximum atomic E-state index is 11.8. The van der Waals surface area contributed by atoms with E-state index in [-0.39, 0.29) is 5.91 Å². The highest BCUT2D eigenvalue weighted by Gasteiger charge is 2.16. The van der Waals surface area contributed by atoms with E-state index in [1.807, 2.05) is 44.2 Å². The molecule has 0 spiro atoms. The number of aromatic amines is 1. The summed E-state index contributed by atoms with van der Waals surface area (Å²) in [7, 11) is 0. The number of aryl methyl sites for hydroxylation is 2. The van der Waals surface area contributed by atoms with Crippen molar-refractivity contribution in [2.75, 3.05) is 0 Å². The van der Waals surface area contributed by atoms with Gasteiger partial charge in [-0.05, 0) is 54.3 Å². The Bertz CT molecular complexity index is 1030. The van der Waals surface area contributed by atoms with Gasteiger partial charge in [0.2, 0.25) is 5.91 Å². The van der Waals surface area contributed by atoms with Gasteiger partial charge in [0.05, 0.1) is 11.1 Å². The van der Waals surface area contributed by atoms with E-state index < -0.39 is 5.91 Å². The lowest BCUT2D eigenvalue weighted by atomic mass is 9.95. The second-order valence-corrected chi connectivity index (χ2v) is 6.27. The highest BCUT2D eigenvalue weighted by Crippen LogP contribution is 2.34. The largest absolute Gasteiger partial charge is 0.366 e. The molecule has 2 amide bonds. The lowest BCUT2D eigenvalue weighted by molar-refractivity contribution is -0.116. The normalized spacial score (nSPS) is 10.7. The van der Waals surface area contributed by atoms with Crippen LogP contribution in [0, 0.1) is 13.8 Å². The van der Waals surface area contributed by atoms with Crippen LogP contribution in [0.2, 0.25) is 0 Å². The molecule has 0 unspecified atom stereocenters. The Morgan fingerprint density at radius 1 is 1.23 bits per heavy atom. The molecular formula is C21H21N3O2. The Morgan fingerprint density at radius 3 is 2.69 bits per heavy atom. The van der Waals surface area contributed by atoms with Gasteiger partial charge in [-0.3, -0.25) is 9.59 Å². The summed E-state index contributed by atoms with van der Waals surface area (Å²) >= 11 is 0. The first-order valence-corrected chi connectivity index (χ1v) is 8.33. The number of H-pyrrole nitrogens is 1. The van der Waals surface area contributed by atoms with Crippen molar-refractivity contribution in [3.05, 3.63) is 71.4 Å². The Labute approximate surface area is 151 Å². The molecular weight excluding hydrogens is 326 g/mol. The minimum atomic E-state index is -0.455. The molecule has 5 nitrogen and oxygen atoms in total. The molecule has 2 aromatic carbocycles. The molecule has 132 valence electrons. The molecule has 5 heteroatoms. The molecule has 3 rings (SSSR count). The summed E-state index contributed by atoms with van der Waals surface area (Å²) in [5, 5.41) is 3.77. The number of nitrogens with one attached hydrogen (secondary N) is 2. The Balaban J connectivity index is 2.11. The van der Waals surface area contributed by atoms with Gasteiger partial charge in [-0.15, -0.1) is 0 Å². The summed E-state index contributed by atoms with van der Waals surface area (Å²) in [6.45, 7) is 7.88. The Hall–Kier alpha value is -3.34. The van der Waals surface area contributed by atoms with E-state index in [1.54, 1.807) is 6.07 Å². The summed E-state index contributed by atoms with van der Waals surface area (Å²) in [6, 6.07) is 11.6. The zero-order chi connectivity index (χ0) is 18.8. The topological polar surface area (TPSA) is 88.0 Å². The van der Waals surface area contributed by atoms with Crippen molar-refractivity contribution in [1.82, 2.24) is 10.3 Å². The summed E-state index contributed by atoms with van der Waals surface area (Å²) in [5.74, 6) is -0.663. The van der Waals surface area contributed by atoms with Crippen LogP contribution in [0.4, 0.5) is 0 Å². The van der Waals surface area contributed by atoms with Crippen LogP contribution in [0.25, 0.3) is 22.0 Å². The number of hydrogen-bond donors (Lipinski definition) is 3. The van der Waals surface area contributed by atoms with E-state index in [0.717, 1.165) is 38.9 Å². The van der Waals surface area contributed by atoms with Crippen molar-refractivity contribution < 1.29 is 9.59 Å². The minimum absolute atomic E-state index is 0.208. The van der Waals surface area contributed by atoms with Crippen molar-refractivity contribution in [3.63, 3.8) is 0 Å². The third-order valence-corrected chi connectivity index (χ3v) is 4.61. The smallest absolute Gasteiger partial charge is 0.250 e. The van der Waals surface area contributed by atoms with Gasteiger partial charge in [0.25, 0.3) is 5.91 Å². The highest BCUT2D eigenvalue weighted by molar-refractivity contribution is 6.10. The number of aromatic nitrogens is 1. The number of fused-ring (bicyclic) bond motifs is 1. The molecule has 4 N–H and O–H groups in total.